The average molecular weight is 354 g/mol. The molecule has 1 saturated carbocycles. The molecule has 1 aromatic heterocycles. The smallest absolute Gasteiger partial charge is 0.323 e. The Morgan fingerprint density at radius 3 is 2.75 bits per heavy atom. The highest BCUT2D eigenvalue weighted by Gasteiger charge is 2.50. The largest absolute Gasteiger partial charge is 0.325 e. The zero-order valence-electron chi connectivity index (χ0n) is 14.0. The van der Waals surface area contributed by atoms with Crippen LogP contribution in [-0.4, -0.2) is 45.2 Å². The number of hydrogen-bond acceptors (Lipinski definition) is 4. The highest BCUT2D eigenvalue weighted by atomic mass is 35.5. The van der Waals surface area contributed by atoms with E-state index in [1.54, 1.807) is 10.9 Å². The highest BCUT2D eigenvalue weighted by molar-refractivity contribution is 6.31. The maximum absolute atomic E-state index is 12.6. The lowest BCUT2D eigenvalue weighted by molar-refractivity contribution is -0.132. The molecule has 132 valence electrons. The van der Waals surface area contributed by atoms with Crippen molar-refractivity contribution in [3.05, 3.63) is 16.9 Å². The van der Waals surface area contributed by atoms with Crippen molar-refractivity contribution in [3.8, 4) is 0 Å². The number of carbonyl (C=O) groups excluding carboxylic acids is 2. The van der Waals surface area contributed by atoms with Crippen LogP contribution < -0.4 is 10.6 Å². The van der Waals surface area contributed by atoms with Gasteiger partial charge >= 0.3 is 6.03 Å². The average Bonchev–Trinajstić information content (AvgIpc) is 3.00. The Bertz CT molecular complexity index is 604. The summed E-state index contributed by atoms with van der Waals surface area (Å²) in [5, 5.41) is 10.9. The van der Waals surface area contributed by atoms with E-state index >= 15 is 0 Å². The minimum atomic E-state index is -0.620. The monoisotopic (exact) mass is 353 g/mol. The Hall–Kier alpha value is -1.60. The van der Waals surface area contributed by atoms with Gasteiger partial charge in [0.25, 0.3) is 5.91 Å². The summed E-state index contributed by atoms with van der Waals surface area (Å²) < 4.78 is 1.74. The molecule has 0 radical (unpaired) electrons. The summed E-state index contributed by atoms with van der Waals surface area (Å²) in [6, 6.07) is -0.239. The molecule has 2 N–H and O–H groups in total. The molecule has 2 fully saturated rings. The summed E-state index contributed by atoms with van der Waals surface area (Å²) in [5.74, 6) is -0.0399. The lowest BCUT2D eigenvalue weighted by Crippen LogP contribution is -2.48. The van der Waals surface area contributed by atoms with Crippen molar-refractivity contribution in [3.63, 3.8) is 0 Å². The van der Waals surface area contributed by atoms with Gasteiger partial charge in [0.2, 0.25) is 0 Å². The van der Waals surface area contributed by atoms with Crippen molar-refractivity contribution in [1.29, 1.82) is 0 Å². The molecule has 1 aliphatic heterocycles. The molecule has 1 aliphatic carbocycles. The Labute approximate surface area is 146 Å². The van der Waals surface area contributed by atoms with Crippen molar-refractivity contribution < 1.29 is 9.59 Å². The molecule has 0 bridgehead atoms. The number of aromatic nitrogens is 2. The van der Waals surface area contributed by atoms with Crippen LogP contribution in [0.5, 0.6) is 0 Å². The summed E-state index contributed by atoms with van der Waals surface area (Å²) in [7, 11) is 1.85. The van der Waals surface area contributed by atoms with E-state index in [1.807, 2.05) is 7.05 Å². The molecule has 8 heteroatoms. The minimum absolute atomic E-state index is 0.0399. The predicted molar refractivity (Wildman–Crippen MR) is 90.6 cm³/mol. The van der Waals surface area contributed by atoms with Crippen LogP contribution in [0.1, 0.15) is 44.2 Å². The third-order valence-corrected chi connectivity index (χ3v) is 5.31. The van der Waals surface area contributed by atoms with E-state index in [4.69, 9.17) is 11.6 Å². The van der Waals surface area contributed by atoms with Crippen LogP contribution in [0.3, 0.4) is 0 Å². The van der Waals surface area contributed by atoms with Crippen LogP contribution in [0.15, 0.2) is 6.20 Å². The molecule has 24 heavy (non-hydrogen) atoms. The summed E-state index contributed by atoms with van der Waals surface area (Å²) in [5.41, 5.74) is 0.304. The van der Waals surface area contributed by atoms with Crippen LogP contribution >= 0.6 is 11.6 Å². The molecule has 1 spiro atoms. The number of halogens is 1. The molecular weight excluding hydrogens is 330 g/mol. The number of imide groups is 1. The fourth-order valence-corrected chi connectivity index (χ4v) is 3.81. The lowest BCUT2D eigenvalue weighted by Gasteiger charge is -2.30. The van der Waals surface area contributed by atoms with E-state index in [1.165, 1.54) is 4.90 Å². The van der Waals surface area contributed by atoms with Gasteiger partial charge < -0.3 is 10.6 Å². The maximum atomic E-state index is 12.6. The van der Waals surface area contributed by atoms with Gasteiger partial charge in [-0.2, -0.15) is 5.10 Å². The summed E-state index contributed by atoms with van der Waals surface area (Å²) in [4.78, 5) is 26.1. The van der Waals surface area contributed by atoms with E-state index in [0.29, 0.717) is 31.1 Å². The normalized spacial score (nSPS) is 20.0. The molecule has 0 unspecified atom stereocenters. The SMILES string of the molecule is Cn1ncc(Cl)c1CNCCCN1C(=O)NC2(CCCCC2)C1=O. The topological polar surface area (TPSA) is 79.3 Å². The van der Waals surface area contributed by atoms with E-state index in [-0.39, 0.29) is 11.9 Å². The van der Waals surface area contributed by atoms with Gasteiger partial charge in [0.15, 0.2) is 0 Å². The maximum Gasteiger partial charge on any atom is 0.325 e. The Morgan fingerprint density at radius 1 is 1.33 bits per heavy atom. The molecule has 0 aromatic carbocycles. The van der Waals surface area contributed by atoms with Gasteiger partial charge in [-0.25, -0.2) is 4.79 Å². The molecule has 2 heterocycles. The molecule has 3 rings (SSSR count). The van der Waals surface area contributed by atoms with Crippen LogP contribution in [0.4, 0.5) is 4.79 Å². The predicted octanol–water partition coefficient (Wildman–Crippen LogP) is 1.81. The van der Waals surface area contributed by atoms with Gasteiger partial charge in [0, 0.05) is 20.1 Å². The van der Waals surface area contributed by atoms with E-state index in [0.717, 1.165) is 37.8 Å². The number of amides is 3. The van der Waals surface area contributed by atoms with Gasteiger partial charge in [-0.05, 0) is 25.8 Å². The number of urea groups is 1. The summed E-state index contributed by atoms with van der Waals surface area (Å²) in [6.07, 6.45) is 7.03. The number of rotatable bonds is 6. The Kier molecular flexibility index (Phi) is 5.10. The van der Waals surface area contributed by atoms with Crippen LogP contribution in [-0.2, 0) is 18.4 Å². The van der Waals surface area contributed by atoms with Crippen LogP contribution in [0.2, 0.25) is 5.02 Å². The first kappa shape index (κ1) is 17.2. The summed E-state index contributed by atoms with van der Waals surface area (Å²) >= 11 is 6.05. The zero-order chi connectivity index (χ0) is 17.2. The number of aryl methyl sites for hydroxylation is 1. The fraction of sp³-hybridized carbons (Fsp3) is 0.688. The molecular formula is C16H24ClN5O2. The van der Waals surface area contributed by atoms with Gasteiger partial charge in [0.1, 0.15) is 5.54 Å². The first-order valence-corrected chi connectivity index (χ1v) is 8.92. The van der Waals surface area contributed by atoms with Gasteiger partial charge in [-0.1, -0.05) is 30.9 Å². The van der Waals surface area contributed by atoms with E-state index in [2.05, 4.69) is 15.7 Å². The quantitative estimate of drug-likeness (QED) is 0.604. The molecule has 1 aromatic rings. The number of nitrogens with one attached hydrogen (secondary N) is 2. The molecule has 1 saturated heterocycles. The number of hydrogen-bond donors (Lipinski definition) is 2. The minimum Gasteiger partial charge on any atom is -0.323 e. The van der Waals surface area contributed by atoms with Gasteiger partial charge in [-0.15, -0.1) is 0 Å². The number of carbonyl (C=O) groups is 2. The molecule has 0 atom stereocenters. The second-order valence-corrected chi connectivity index (χ2v) is 7.03. The standard InChI is InChI=1S/C16H24ClN5O2/c1-21-13(12(17)10-19-21)11-18-8-5-9-22-14(23)16(20-15(22)24)6-3-2-4-7-16/h10,18H,2-9,11H2,1H3,(H,20,24). The third kappa shape index (κ3) is 3.28. The molecule has 3 amide bonds. The summed E-state index contributed by atoms with van der Waals surface area (Å²) in [6.45, 7) is 1.75. The third-order valence-electron chi connectivity index (χ3n) is 4.99. The van der Waals surface area contributed by atoms with Crippen molar-refractivity contribution >= 4 is 23.5 Å². The van der Waals surface area contributed by atoms with E-state index in [9.17, 15) is 9.59 Å². The van der Waals surface area contributed by atoms with Gasteiger partial charge in [0.05, 0.1) is 16.9 Å². The van der Waals surface area contributed by atoms with Crippen molar-refractivity contribution in [1.82, 2.24) is 25.3 Å². The Morgan fingerprint density at radius 2 is 2.08 bits per heavy atom. The second kappa shape index (κ2) is 7.11. The number of nitrogens with zero attached hydrogens (tertiary/aromatic N) is 3. The fourth-order valence-electron chi connectivity index (χ4n) is 3.58. The first-order chi connectivity index (χ1) is 11.5. The van der Waals surface area contributed by atoms with Crippen molar-refractivity contribution in [2.45, 2.75) is 50.6 Å². The van der Waals surface area contributed by atoms with Crippen LogP contribution in [0.25, 0.3) is 0 Å². The Balaban J connectivity index is 1.45. The van der Waals surface area contributed by atoms with Crippen molar-refractivity contribution in [2.75, 3.05) is 13.1 Å². The zero-order valence-corrected chi connectivity index (χ0v) is 14.7. The molecule has 2 aliphatic rings. The van der Waals surface area contributed by atoms with Crippen molar-refractivity contribution in [2.24, 2.45) is 7.05 Å². The second-order valence-electron chi connectivity index (χ2n) is 6.62. The first-order valence-electron chi connectivity index (χ1n) is 8.55. The van der Waals surface area contributed by atoms with Gasteiger partial charge in [-0.3, -0.25) is 14.4 Å². The highest BCUT2D eigenvalue weighted by Crippen LogP contribution is 2.33. The lowest BCUT2D eigenvalue weighted by atomic mass is 9.82. The molecule has 7 nitrogen and oxygen atoms in total. The van der Waals surface area contributed by atoms with Crippen LogP contribution in [0, 0.1) is 0 Å². The van der Waals surface area contributed by atoms with E-state index < -0.39 is 5.54 Å².